The van der Waals surface area contributed by atoms with Crippen molar-refractivity contribution in [1.29, 1.82) is 0 Å². The van der Waals surface area contributed by atoms with E-state index >= 15 is 0 Å². The lowest BCUT2D eigenvalue weighted by atomic mass is 9.97. The molecule has 0 atom stereocenters. The van der Waals surface area contributed by atoms with Gasteiger partial charge in [-0.1, -0.05) is 48.9 Å². The van der Waals surface area contributed by atoms with E-state index in [9.17, 15) is 0 Å². The van der Waals surface area contributed by atoms with Crippen LogP contribution in [0.3, 0.4) is 0 Å². The van der Waals surface area contributed by atoms with Crippen LogP contribution in [-0.2, 0) is 4.74 Å². The summed E-state index contributed by atoms with van der Waals surface area (Å²) in [6.07, 6.45) is 10.7. The van der Waals surface area contributed by atoms with Gasteiger partial charge in [-0.05, 0) is 36.5 Å². The van der Waals surface area contributed by atoms with E-state index < -0.39 is 0 Å². The minimum atomic E-state index is 0.859. The van der Waals surface area contributed by atoms with Gasteiger partial charge in [0.25, 0.3) is 0 Å². The van der Waals surface area contributed by atoms with E-state index in [1.165, 1.54) is 29.5 Å². The average molecular weight is 281 g/mol. The van der Waals surface area contributed by atoms with Gasteiger partial charge in [-0.15, -0.1) is 0 Å². The van der Waals surface area contributed by atoms with E-state index in [1.54, 1.807) is 7.11 Å². The average Bonchev–Trinajstić information content (AvgIpc) is 2.56. The van der Waals surface area contributed by atoms with Crippen molar-refractivity contribution < 1.29 is 4.74 Å². The van der Waals surface area contributed by atoms with Crippen LogP contribution in [0.4, 0.5) is 0 Å². The summed E-state index contributed by atoms with van der Waals surface area (Å²) in [5.74, 6) is 0. The van der Waals surface area contributed by atoms with Crippen LogP contribution in [0, 0.1) is 0 Å². The Morgan fingerprint density at radius 1 is 1.00 bits per heavy atom. The number of hydrogen-bond donors (Lipinski definition) is 0. The maximum absolute atomic E-state index is 5.08. The van der Waals surface area contributed by atoms with Crippen LogP contribution in [0.15, 0.2) is 60.9 Å². The third-order valence-corrected chi connectivity index (χ3v) is 3.46. The molecule has 1 heterocycles. The van der Waals surface area contributed by atoms with Crippen molar-refractivity contribution in [3.8, 4) is 0 Å². The molecule has 0 unspecified atom stereocenters. The molecule has 0 bridgehead atoms. The largest absolute Gasteiger partial charge is 0.385 e. The normalized spacial score (nSPS) is 11.6. The van der Waals surface area contributed by atoms with Crippen LogP contribution >= 0.6 is 0 Å². The predicted molar refractivity (Wildman–Crippen MR) is 88.1 cm³/mol. The molecule has 2 rings (SSSR count). The highest BCUT2D eigenvalue weighted by Gasteiger charge is 2.04. The first-order chi connectivity index (χ1) is 10.4. The Kier molecular flexibility index (Phi) is 6.69. The molecule has 110 valence electrons. The van der Waals surface area contributed by atoms with Gasteiger partial charge in [0, 0.05) is 31.7 Å². The summed E-state index contributed by atoms with van der Waals surface area (Å²) in [5, 5.41) is 0. The van der Waals surface area contributed by atoms with Crippen LogP contribution in [0.5, 0.6) is 0 Å². The molecule has 21 heavy (non-hydrogen) atoms. The molecule has 0 saturated heterocycles. The highest BCUT2D eigenvalue weighted by atomic mass is 16.5. The fraction of sp³-hybridized carbons (Fsp3) is 0.316. The van der Waals surface area contributed by atoms with E-state index in [2.05, 4.69) is 47.5 Å². The highest BCUT2D eigenvalue weighted by Crippen LogP contribution is 2.23. The molecule has 0 aliphatic heterocycles. The van der Waals surface area contributed by atoms with Crippen molar-refractivity contribution in [3.63, 3.8) is 0 Å². The first-order valence-electron chi connectivity index (χ1n) is 7.56. The van der Waals surface area contributed by atoms with Gasteiger partial charge in [0.1, 0.15) is 0 Å². The van der Waals surface area contributed by atoms with Gasteiger partial charge in [0.2, 0.25) is 0 Å². The quantitative estimate of drug-likeness (QED) is 0.653. The Hall–Kier alpha value is -1.93. The molecule has 0 radical (unpaired) electrons. The number of unbranched alkanes of at least 4 members (excludes halogenated alkanes) is 3. The molecule has 2 heteroatoms. The van der Waals surface area contributed by atoms with Gasteiger partial charge in [0.15, 0.2) is 0 Å². The standard InChI is InChI=1S/C19H23NO/c1-21-15-8-3-2-7-13-19(17-10-5-4-6-11-17)18-12-9-14-20-16-18/h4-6,9-14,16H,2-3,7-8,15H2,1H3/b19-13+. The second kappa shape index (κ2) is 9.09. The van der Waals surface area contributed by atoms with Crippen molar-refractivity contribution in [2.24, 2.45) is 0 Å². The second-order valence-corrected chi connectivity index (χ2v) is 5.07. The number of methoxy groups -OCH3 is 1. The zero-order valence-electron chi connectivity index (χ0n) is 12.7. The summed E-state index contributed by atoms with van der Waals surface area (Å²) in [6, 6.07) is 14.6. The van der Waals surface area contributed by atoms with Crippen molar-refractivity contribution in [1.82, 2.24) is 4.98 Å². The van der Waals surface area contributed by atoms with Crippen LogP contribution < -0.4 is 0 Å². The lowest BCUT2D eigenvalue weighted by Gasteiger charge is -2.08. The Morgan fingerprint density at radius 2 is 1.81 bits per heavy atom. The van der Waals surface area contributed by atoms with Crippen LogP contribution in [0.1, 0.15) is 36.8 Å². The molecule has 1 aromatic carbocycles. The number of pyridine rings is 1. The molecule has 0 spiro atoms. The second-order valence-electron chi connectivity index (χ2n) is 5.07. The fourth-order valence-corrected chi connectivity index (χ4v) is 2.36. The zero-order chi connectivity index (χ0) is 14.8. The molecule has 0 aliphatic rings. The Labute approximate surface area is 127 Å². The lowest BCUT2D eigenvalue weighted by Crippen LogP contribution is -1.90. The van der Waals surface area contributed by atoms with Gasteiger partial charge in [-0.3, -0.25) is 4.98 Å². The molecule has 0 amide bonds. The summed E-state index contributed by atoms with van der Waals surface area (Å²) in [7, 11) is 1.76. The summed E-state index contributed by atoms with van der Waals surface area (Å²) in [4.78, 5) is 4.24. The fourth-order valence-electron chi connectivity index (χ4n) is 2.36. The Balaban J connectivity index is 2.06. The highest BCUT2D eigenvalue weighted by molar-refractivity contribution is 5.79. The van der Waals surface area contributed by atoms with Crippen molar-refractivity contribution in [2.75, 3.05) is 13.7 Å². The van der Waals surface area contributed by atoms with Crippen LogP contribution in [0.25, 0.3) is 5.57 Å². The maximum atomic E-state index is 5.08. The Bertz CT molecular complexity index is 493. The maximum Gasteiger partial charge on any atom is 0.0462 e. The van der Waals surface area contributed by atoms with Crippen LogP contribution in [0.2, 0.25) is 0 Å². The molecule has 0 fully saturated rings. The number of ether oxygens (including phenoxy) is 1. The predicted octanol–water partition coefficient (Wildman–Crippen LogP) is 4.72. The summed E-state index contributed by atoms with van der Waals surface area (Å²) < 4.78 is 5.08. The van der Waals surface area contributed by atoms with E-state index in [-0.39, 0.29) is 0 Å². The molecule has 0 saturated carbocycles. The number of hydrogen-bond acceptors (Lipinski definition) is 2. The van der Waals surface area contributed by atoms with Gasteiger partial charge in [-0.2, -0.15) is 0 Å². The monoisotopic (exact) mass is 281 g/mol. The third kappa shape index (κ3) is 5.16. The van der Waals surface area contributed by atoms with Crippen molar-refractivity contribution >= 4 is 5.57 Å². The van der Waals surface area contributed by atoms with Gasteiger partial charge >= 0.3 is 0 Å². The van der Waals surface area contributed by atoms with Crippen LogP contribution in [-0.4, -0.2) is 18.7 Å². The van der Waals surface area contributed by atoms with E-state index in [0.717, 1.165) is 19.4 Å². The number of benzene rings is 1. The molecule has 0 aliphatic carbocycles. The van der Waals surface area contributed by atoms with Gasteiger partial charge in [-0.25, -0.2) is 0 Å². The Morgan fingerprint density at radius 3 is 2.52 bits per heavy atom. The molecule has 0 N–H and O–H groups in total. The lowest BCUT2D eigenvalue weighted by molar-refractivity contribution is 0.192. The summed E-state index contributed by atoms with van der Waals surface area (Å²) in [5.41, 5.74) is 3.71. The SMILES string of the molecule is COCCCCC/C=C(\c1ccccc1)c1cccnc1. The third-order valence-electron chi connectivity index (χ3n) is 3.46. The van der Waals surface area contributed by atoms with Crippen molar-refractivity contribution in [2.45, 2.75) is 25.7 Å². The minimum Gasteiger partial charge on any atom is -0.385 e. The minimum absolute atomic E-state index is 0.859. The summed E-state index contributed by atoms with van der Waals surface area (Å²) in [6.45, 7) is 0.859. The van der Waals surface area contributed by atoms with Gasteiger partial charge < -0.3 is 4.74 Å². The zero-order valence-corrected chi connectivity index (χ0v) is 12.7. The first-order valence-corrected chi connectivity index (χ1v) is 7.56. The molecule has 2 aromatic rings. The van der Waals surface area contributed by atoms with E-state index in [1.807, 2.05) is 18.5 Å². The first kappa shape index (κ1) is 15.5. The van der Waals surface area contributed by atoms with E-state index in [4.69, 9.17) is 4.74 Å². The molecular weight excluding hydrogens is 258 g/mol. The topological polar surface area (TPSA) is 22.1 Å². The molecule has 2 nitrogen and oxygen atoms in total. The molecule has 1 aromatic heterocycles. The number of allylic oxidation sites excluding steroid dienone is 1. The van der Waals surface area contributed by atoms with Gasteiger partial charge in [0.05, 0.1) is 0 Å². The van der Waals surface area contributed by atoms with E-state index in [0.29, 0.717) is 0 Å². The summed E-state index contributed by atoms with van der Waals surface area (Å²) >= 11 is 0. The van der Waals surface area contributed by atoms with Crippen molar-refractivity contribution in [3.05, 3.63) is 72.1 Å². The smallest absolute Gasteiger partial charge is 0.0462 e. The number of rotatable bonds is 8. The number of aromatic nitrogens is 1. The number of nitrogens with zero attached hydrogens (tertiary/aromatic N) is 1. The molecular formula is C19H23NO.